The second kappa shape index (κ2) is 24.3. The van der Waals surface area contributed by atoms with Crippen LogP contribution in [0.2, 0.25) is 10.0 Å². The molecule has 4 bridgehead atoms. The quantitative estimate of drug-likeness (QED) is 0.0710. The highest BCUT2D eigenvalue weighted by atomic mass is 35.5. The summed E-state index contributed by atoms with van der Waals surface area (Å²) < 4.78 is 54.0. The molecule has 8 fully saturated rings. The molecular weight excluding hydrogens is 1230 g/mol. The number of piperazine rings is 2. The smallest absolute Gasteiger partial charge is 0.407 e. The Labute approximate surface area is 547 Å². The summed E-state index contributed by atoms with van der Waals surface area (Å²) in [6.45, 7) is 6.11. The van der Waals surface area contributed by atoms with E-state index in [1.807, 2.05) is 48.5 Å². The highest BCUT2D eigenvalue weighted by molar-refractivity contribution is 6.37. The lowest BCUT2D eigenvalue weighted by molar-refractivity contribution is 0.0824. The Morgan fingerprint density at radius 3 is 1.65 bits per heavy atom. The van der Waals surface area contributed by atoms with Crippen molar-refractivity contribution in [3.8, 4) is 34.5 Å². The van der Waals surface area contributed by atoms with Gasteiger partial charge in [0.15, 0.2) is 11.6 Å². The lowest BCUT2D eigenvalue weighted by Crippen LogP contribution is -2.51. The zero-order valence-electron chi connectivity index (χ0n) is 52.2. The number of ether oxygens (including phenoxy) is 3. The minimum Gasteiger partial charge on any atom is -0.461 e. The van der Waals surface area contributed by atoms with Crippen LogP contribution in [0.3, 0.4) is 0 Å². The van der Waals surface area contributed by atoms with Gasteiger partial charge in [0.05, 0.1) is 21.9 Å². The first-order valence-corrected chi connectivity index (χ1v) is 33.8. The van der Waals surface area contributed by atoms with Crippen LogP contribution in [0.5, 0.6) is 12.0 Å². The van der Waals surface area contributed by atoms with E-state index in [0.29, 0.717) is 118 Å². The number of carbonyl (C=O) groups is 2. The number of alkyl carbamates (subject to hydrolysis) is 1. The molecule has 16 rings (SSSR count). The largest absolute Gasteiger partial charge is 0.461 e. The standard InChI is InChI=1S/C69H75Cl2F2N15O5/c1-84(2)66(89)76-28-46-18-22-68(20-6-24-87(46)68)37-92-65-81-61-51(63(83-65)86-34-44-16-17-45(35-86)79-44)31-75-59(57(61)73)49-12-4-10-41-26-39(27-53(71)55(41)49)36-91-67(90)77-29-47-19-23-69(21-7-25-88(47)69)38-93-64-80-60-50(62(82-64)85-32-42-14-15-43(33-85)78-42)30-74-58(56(60)72)48-11-3-8-40-9-5-13-52(70)54(40)48/h3-5,8-13,26-27,30-31,42-47,78-79H,6-7,14-25,28-29,32-38H2,1-2H3,(H,76,89)(H,77,90)/t42?,43?,44?,45?,46-,47-,68-,69-/m1/s1. The molecular formula is C69H75Cl2F2N15O5. The van der Waals surface area contributed by atoms with E-state index in [4.69, 9.17) is 67.3 Å². The third kappa shape index (κ3) is 11.1. The van der Waals surface area contributed by atoms with Crippen LogP contribution in [0.15, 0.2) is 79.1 Å². The molecule has 4 aromatic heterocycles. The summed E-state index contributed by atoms with van der Waals surface area (Å²) in [6, 6.07) is 22.0. The maximum atomic E-state index is 17.6. The van der Waals surface area contributed by atoms with Crippen LogP contribution in [-0.4, -0.2) is 184 Å². The molecule has 484 valence electrons. The van der Waals surface area contributed by atoms with Crippen molar-refractivity contribution in [2.75, 3.05) is 89.5 Å². The Kier molecular flexibility index (Phi) is 15.8. The Morgan fingerprint density at radius 2 is 1.12 bits per heavy atom. The van der Waals surface area contributed by atoms with Gasteiger partial charge in [-0.15, -0.1) is 0 Å². The predicted molar refractivity (Wildman–Crippen MR) is 354 cm³/mol. The van der Waals surface area contributed by atoms with Gasteiger partial charge in [0.1, 0.15) is 53.9 Å². The summed E-state index contributed by atoms with van der Waals surface area (Å²) in [6.07, 6.45) is 14.3. The molecule has 4 unspecified atom stereocenters. The number of hydrogen-bond donors (Lipinski definition) is 4. The van der Waals surface area contributed by atoms with E-state index in [-0.39, 0.29) is 70.2 Å². The minimum atomic E-state index is -0.607. The van der Waals surface area contributed by atoms with Crippen LogP contribution >= 0.6 is 23.2 Å². The van der Waals surface area contributed by atoms with Crippen molar-refractivity contribution in [2.45, 2.75) is 131 Å². The zero-order valence-corrected chi connectivity index (χ0v) is 53.7. The zero-order chi connectivity index (χ0) is 63.3. The summed E-state index contributed by atoms with van der Waals surface area (Å²) in [7, 11) is 3.48. The van der Waals surface area contributed by atoms with E-state index >= 15 is 8.78 Å². The molecule has 3 amide bonds. The number of nitrogens with zero attached hydrogens (tertiary/aromatic N) is 11. The first-order chi connectivity index (χ1) is 45.2. The Bertz CT molecular complexity index is 4260. The number of rotatable bonds is 16. The Morgan fingerprint density at radius 1 is 0.624 bits per heavy atom. The molecule has 20 nitrogen and oxygen atoms in total. The molecule has 12 heterocycles. The van der Waals surface area contributed by atoms with Gasteiger partial charge in [0.25, 0.3) is 0 Å². The molecule has 0 aliphatic carbocycles. The molecule has 4 N–H and O–H groups in total. The van der Waals surface area contributed by atoms with Crippen molar-refractivity contribution in [1.29, 1.82) is 0 Å². The number of anilines is 2. The lowest BCUT2D eigenvalue weighted by Gasteiger charge is -2.35. The number of hydrogen-bond acceptors (Lipinski definition) is 17. The topological polar surface area (TPSA) is 203 Å². The van der Waals surface area contributed by atoms with Crippen molar-refractivity contribution in [3.63, 3.8) is 0 Å². The molecule has 8 aliphatic heterocycles. The molecule has 4 aromatic carbocycles. The molecule has 8 aromatic rings. The summed E-state index contributed by atoms with van der Waals surface area (Å²) >= 11 is 13.9. The highest BCUT2D eigenvalue weighted by Gasteiger charge is 2.51. The first kappa shape index (κ1) is 60.3. The summed E-state index contributed by atoms with van der Waals surface area (Å²) in [5.41, 5.74) is 1.66. The molecule has 0 spiro atoms. The van der Waals surface area contributed by atoms with E-state index in [1.54, 1.807) is 49.6 Å². The van der Waals surface area contributed by atoms with Gasteiger partial charge in [0.2, 0.25) is 0 Å². The predicted octanol–water partition coefficient (Wildman–Crippen LogP) is 10.4. The fraction of sp³-hybridized carbons (Fsp3) is 0.478. The molecule has 8 atom stereocenters. The molecule has 0 radical (unpaired) electrons. The van der Waals surface area contributed by atoms with Crippen LogP contribution in [-0.2, 0) is 11.3 Å². The molecule has 8 saturated heterocycles. The third-order valence-electron chi connectivity index (χ3n) is 21.4. The third-order valence-corrected chi connectivity index (χ3v) is 22.0. The van der Waals surface area contributed by atoms with Gasteiger partial charge in [-0.1, -0.05) is 71.7 Å². The SMILES string of the molecule is CN(C)C(=O)NC[C@H]1CC[C@@]2(COc3nc(N4CC5CCC(C4)N5)c4cnc(-c5cccc6cc(COC(=O)NC[C@H]7CC[C@@]8(COc9nc(N%10CC%11CCC(C%10)N%11)c%10cnc(-c%11cccc%12cccc(Cl)c%11%12)c(F)c%10n9)CCCN78)cc(Cl)c56)c(F)c4n3)CCCN12. The number of carbonyl (C=O) groups excluding carboxylic acids is 2. The van der Waals surface area contributed by atoms with Gasteiger partial charge in [-0.2, -0.15) is 19.9 Å². The fourth-order valence-electron chi connectivity index (χ4n) is 17.0. The van der Waals surface area contributed by atoms with E-state index in [2.05, 4.69) is 40.9 Å². The van der Waals surface area contributed by atoms with E-state index in [1.165, 1.54) is 0 Å². The average Bonchev–Trinajstić information content (AvgIpc) is 1.69. The van der Waals surface area contributed by atoms with Crippen molar-refractivity contribution in [1.82, 2.24) is 65.9 Å². The van der Waals surface area contributed by atoms with Crippen molar-refractivity contribution >= 4 is 90.3 Å². The lowest BCUT2D eigenvalue weighted by atomic mass is 9.95. The molecule has 8 aliphatic rings. The van der Waals surface area contributed by atoms with Gasteiger partial charge in [-0.25, -0.2) is 18.4 Å². The summed E-state index contributed by atoms with van der Waals surface area (Å²) in [4.78, 5) is 66.2. The number of fused-ring (bicyclic) bond motifs is 10. The van der Waals surface area contributed by atoms with Gasteiger partial charge in [-0.05, 0) is 125 Å². The summed E-state index contributed by atoms with van der Waals surface area (Å²) in [5, 5.41) is 18.3. The number of pyridine rings is 2. The van der Waals surface area contributed by atoms with E-state index in [0.717, 1.165) is 119 Å². The van der Waals surface area contributed by atoms with Crippen LogP contribution in [0, 0.1) is 11.6 Å². The Balaban J connectivity index is 0.601. The highest BCUT2D eigenvalue weighted by Crippen LogP contribution is 2.46. The van der Waals surface area contributed by atoms with E-state index in [9.17, 15) is 9.59 Å². The van der Waals surface area contributed by atoms with Gasteiger partial charge >= 0.3 is 24.1 Å². The number of halogens is 4. The van der Waals surface area contributed by atoms with Crippen molar-refractivity contribution < 1.29 is 32.6 Å². The van der Waals surface area contributed by atoms with Crippen molar-refractivity contribution in [2.24, 2.45) is 0 Å². The van der Waals surface area contributed by atoms with Crippen LogP contribution in [0.25, 0.3) is 65.9 Å². The maximum Gasteiger partial charge on any atom is 0.407 e. The van der Waals surface area contributed by atoms with Crippen molar-refractivity contribution in [3.05, 3.63) is 106 Å². The number of amides is 3. The minimum absolute atomic E-state index is 0.0251. The molecule has 24 heteroatoms. The first-order valence-electron chi connectivity index (χ1n) is 33.0. The number of benzene rings is 4. The Hall–Kier alpha value is -7.60. The van der Waals surface area contributed by atoms with Gasteiger partial charge < -0.3 is 50.2 Å². The molecule has 0 saturated carbocycles. The molecule has 93 heavy (non-hydrogen) atoms. The number of urea groups is 1. The summed E-state index contributed by atoms with van der Waals surface area (Å²) in [5.74, 6) is 0.0407. The second-order valence-electron chi connectivity index (χ2n) is 27.3. The number of aromatic nitrogens is 6. The fourth-order valence-corrected chi connectivity index (χ4v) is 17.6. The van der Waals surface area contributed by atoms with Gasteiger partial charge in [-0.3, -0.25) is 19.8 Å². The normalized spacial score (nSPS) is 25.8. The monoisotopic (exact) mass is 1300 g/mol. The second-order valence-corrected chi connectivity index (χ2v) is 28.1. The van der Waals surface area contributed by atoms with Crippen LogP contribution in [0.1, 0.15) is 82.6 Å². The van der Waals surface area contributed by atoms with Crippen LogP contribution < -0.4 is 40.5 Å². The van der Waals surface area contributed by atoms with E-state index < -0.39 is 17.7 Å². The van der Waals surface area contributed by atoms with Gasteiger partial charge in [0, 0.05) is 134 Å². The van der Waals surface area contributed by atoms with Crippen LogP contribution in [0.4, 0.5) is 30.0 Å². The number of nitrogens with one attached hydrogen (secondary N) is 4. The maximum absolute atomic E-state index is 17.6. The average molecular weight is 1300 g/mol.